The van der Waals surface area contributed by atoms with E-state index in [0.717, 1.165) is 5.56 Å². The lowest BCUT2D eigenvalue weighted by Gasteiger charge is -2.28. The highest BCUT2D eigenvalue weighted by atomic mass is 32.2. The van der Waals surface area contributed by atoms with Gasteiger partial charge in [-0.1, -0.05) is 32.9 Å². The molecule has 4 nitrogen and oxygen atoms in total. The molecule has 0 aliphatic carbocycles. The molecule has 0 saturated carbocycles. The van der Waals surface area contributed by atoms with E-state index in [9.17, 15) is 8.42 Å². The second-order valence-electron chi connectivity index (χ2n) is 7.01. The highest BCUT2D eigenvalue weighted by Gasteiger charge is 2.26. The Bertz CT molecular complexity index is 560. The number of sulfonamides is 1. The molecule has 0 amide bonds. The molecule has 1 aromatic rings. The van der Waals surface area contributed by atoms with Gasteiger partial charge in [-0.2, -0.15) is 4.31 Å². The summed E-state index contributed by atoms with van der Waals surface area (Å²) in [5.74, 6) is 0.178. The Kier molecular flexibility index (Phi) is 5.82. The van der Waals surface area contributed by atoms with Crippen LogP contribution in [-0.4, -0.2) is 24.5 Å². The standard InChI is InChI=1S/C16H28N2O2S/c1-13(2)18(12-14-7-6-8-15(17)11-14)21(19,20)10-9-16(3,4)5/h6-8,11,13H,9-10,12,17H2,1-5H3. The van der Waals surface area contributed by atoms with Gasteiger partial charge in [0.05, 0.1) is 5.75 Å². The molecule has 5 heteroatoms. The normalized spacial score (nSPS) is 13.1. The van der Waals surface area contributed by atoms with Gasteiger partial charge in [0, 0.05) is 18.3 Å². The zero-order chi connectivity index (χ0) is 16.3. The molecule has 120 valence electrons. The third-order valence-corrected chi connectivity index (χ3v) is 5.32. The van der Waals surface area contributed by atoms with Gasteiger partial charge in [-0.25, -0.2) is 8.42 Å². The van der Waals surface area contributed by atoms with Crippen molar-refractivity contribution in [1.29, 1.82) is 0 Å². The van der Waals surface area contributed by atoms with Crippen molar-refractivity contribution in [1.82, 2.24) is 4.31 Å². The van der Waals surface area contributed by atoms with Gasteiger partial charge in [0.25, 0.3) is 0 Å². The Hall–Kier alpha value is -1.07. The number of benzene rings is 1. The predicted molar refractivity (Wildman–Crippen MR) is 89.4 cm³/mol. The maximum absolute atomic E-state index is 12.6. The van der Waals surface area contributed by atoms with E-state index in [0.29, 0.717) is 18.7 Å². The molecular weight excluding hydrogens is 284 g/mol. The van der Waals surface area contributed by atoms with Crippen LogP contribution in [0.2, 0.25) is 0 Å². The fourth-order valence-electron chi connectivity index (χ4n) is 2.03. The van der Waals surface area contributed by atoms with Crippen molar-refractivity contribution in [2.75, 3.05) is 11.5 Å². The molecule has 0 heterocycles. The molecular formula is C16H28N2O2S. The van der Waals surface area contributed by atoms with Crippen molar-refractivity contribution in [3.05, 3.63) is 29.8 Å². The van der Waals surface area contributed by atoms with Gasteiger partial charge in [-0.05, 0) is 43.4 Å². The lowest BCUT2D eigenvalue weighted by molar-refractivity contribution is 0.338. The minimum Gasteiger partial charge on any atom is -0.399 e. The van der Waals surface area contributed by atoms with Gasteiger partial charge in [-0.15, -0.1) is 0 Å². The van der Waals surface area contributed by atoms with E-state index < -0.39 is 10.0 Å². The minimum atomic E-state index is -3.27. The average molecular weight is 312 g/mol. The van der Waals surface area contributed by atoms with Crippen LogP contribution in [0.25, 0.3) is 0 Å². The molecule has 0 aliphatic rings. The highest BCUT2D eigenvalue weighted by Crippen LogP contribution is 2.22. The largest absolute Gasteiger partial charge is 0.399 e. The summed E-state index contributed by atoms with van der Waals surface area (Å²) < 4.78 is 26.8. The molecule has 0 aromatic heterocycles. The lowest BCUT2D eigenvalue weighted by Crippen LogP contribution is -2.38. The maximum Gasteiger partial charge on any atom is 0.214 e. The Labute approximate surface area is 129 Å². The summed E-state index contributed by atoms with van der Waals surface area (Å²) in [6.07, 6.45) is 0.648. The number of rotatable bonds is 6. The molecule has 0 bridgehead atoms. The zero-order valence-corrected chi connectivity index (χ0v) is 14.6. The van der Waals surface area contributed by atoms with E-state index in [-0.39, 0.29) is 17.2 Å². The van der Waals surface area contributed by atoms with Crippen LogP contribution in [0, 0.1) is 5.41 Å². The van der Waals surface area contributed by atoms with Gasteiger partial charge in [-0.3, -0.25) is 0 Å². The first-order valence-corrected chi connectivity index (χ1v) is 8.96. The van der Waals surface area contributed by atoms with E-state index in [1.54, 1.807) is 10.4 Å². The Balaban J connectivity index is 2.91. The number of nitrogens with two attached hydrogens (primary N) is 1. The van der Waals surface area contributed by atoms with Gasteiger partial charge in [0.2, 0.25) is 10.0 Å². The first-order chi connectivity index (χ1) is 9.51. The molecule has 0 unspecified atom stereocenters. The summed E-state index contributed by atoms with van der Waals surface area (Å²) in [4.78, 5) is 0. The fraction of sp³-hybridized carbons (Fsp3) is 0.625. The van der Waals surface area contributed by atoms with Crippen LogP contribution in [0.1, 0.15) is 46.6 Å². The summed E-state index contributed by atoms with van der Waals surface area (Å²) in [6.45, 7) is 10.3. The summed E-state index contributed by atoms with van der Waals surface area (Å²) in [5.41, 5.74) is 7.35. The SMILES string of the molecule is CC(C)N(Cc1cccc(N)c1)S(=O)(=O)CCC(C)(C)C. The molecule has 0 radical (unpaired) electrons. The monoisotopic (exact) mass is 312 g/mol. The van der Waals surface area contributed by atoms with Gasteiger partial charge in [0.15, 0.2) is 0 Å². The van der Waals surface area contributed by atoms with Crippen molar-refractivity contribution in [3.8, 4) is 0 Å². The van der Waals surface area contributed by atoms with Crippen LogP contribution in [0.4, 0.5) is 5.69 Å². The molecule has 21 heavy (non-hydrogen) atoms. The third kappa shape index (κ3) is 6.06. The smallest absolute Gasteiger partial charge is 0.214 e. The highest BCUT2D eigenvalue weighted by molar-refractivity contribution is 7.89. The van der Waals surface area contributed by atoms with Gasteiger partial charge >= 0.3 is 0 Å². The summed E-state index contributed by atoms with van der Waals surface area (Å²) in [5, 5.41) is 0. The van der Waals surface area contributed by atoms with Crippen LogP contribution >= 0.6 is 0 Å². The molecule has 1 rings (SSSR count). The number of anilines is 1. The fourth-order valence-corrected chi connectivity index (χ4v) is 4.12. The molecule has 0 saturated heterocycles. The lowest BCUT2D eigenvalue weighted by atomic mass is 9.94. The van der Waals surface area contributed by atoms with E-state index in [2.05, 4.69) is 20.8 Å². The Morgan fingerprint density at radius 2 is 1.86 bits per heavy atom. The minimum absolute atomic E-state index is 0.00684. The third-order valence-electron chi connectivity index (χ3n) is 3.33. The van der Waals surface area contributed by atoms with Crippen LogP contribution in [-0.2, 0) is 16.6 Å². The van der Waals surface area contributed by atoms with Gasteiger partial charge < -0.3 is 5.73 Å². The molecule has 0 fully saturated rings. The molecule has 0 atom stereocenters. The first-order valence-electron chi connectivity index (χ1n) is 7.35. The van der Waals surface area contributed by atoms with Crippen molar-refractivity contribution < 1.29 is 8.42 Å². The molecule has 1 aromatic carbocycles. The van der Waals surface area contributed by atoms with E-state index in [4.69, 9.17) is 5.73 Å². The number of nitrogen functional groups attached to an aromatic ring is 1. The van der Waals surface area contributed by atoms with Gasteiger partial charge in [0.1, 0.15) is 0 Å². The van der Waals surface area contributed by atoms with Crippen LogP contribution in [0.5, 0.6) is 0 Å². The van der Waals surface area contributed by atoms with Crippen molar-refractivity contribution in [2.24, 2.45) is 5.41 Å². The quantitative estimate of drug-likeness (QED) is 0.820. The van der Waals surface area contributed by atoms with Crippen molar-refractivity contribution in [3.63, 3.8) is 0 Å². The number of hydrogen-bond acceptors (Lipinski definition) is 3. The molecule has 2 N–H and O–H groups in total. The summed E-state index contributed by atoms with van der Waals surface area (Å²) >= 11 is 0. The number of nitrogens with zero attached hydrogens (tertiary/aromatic N) is 1. The Morgan fingerprint density at radius 3 is 2.33 bits per heavy atom. The summed E-state index contributed by atoms with van der Waals surface area (Å²) in [7, 11) is -3.27. The average Bonchev–Trinajstić information content (AvgIpc) is 2.32. The molecule has 0 spiro atoms. The summed E-state index contributed by atoms with van der Waals surface area (Å²) in [6, 6.07) is 7.32. The maximum atomic E-state index is 12.6. The van der Waals surface area contributed by atoms with E-state index >= 15 is 0 Å². The molecule has 0 aliphatic heterocycles. The van der Waals surface area contributed by atoms with Crippen LogP contribution in [0.3, 0.4) is 0 Å². The second-order valence-corrected chi connectivity index (χ2v) is 9.05. The number of hydrogen-bond donors (Lipinski definition) is 1. The van der Waals surface area contributed by atoms with Crippen molar-refractivity contribution >= 4 is 15.7 Å². The van der Waals surface area contributed by atoms with E-state index in [1.165, 1.54) is 0 Å². The second kappa shape index (κ2) is 6.79. The van der Waals surface area contributed by atoms with Crippen molar-refractivity contribution in [2.45, 2.75) is 53.6 Å². The van der Waals surface area contributed by atoms with E-state index in [1.807, 2.05) is 32.0 Å². The topological polar surface area (TPSA) is 63.4 Å². The zero-order valence-electron chi connectivity index (χ0n) is 13.8. The van der Waals surface area contributed by atoms with Crippen LogP contribution in [0.15, 0.2) is 24.3 Å². The van der Waals surface area contributed by atoms with Crippen LogP contribution < -0.4 is 5.73 Å². The first kappa shape index (κ1) is 18.0. The predicted octanol–water partition coefficient (Wildman–Crippen LogP) is 3.25. The Morgan fingerprint density at radius 1 is 1.24 bits per heavy atom.